The van der Waals surface area contributed by atoms with Crippen molar-refractivity contribution in [1.29, 1.82) is 0 Å². The first kappa shape index (κ1) is 11.9. The van der Waals surface area contributed by atoms with E-state index in [1.165, 1.54) is 4.88 Å². The van der Waals surface area contributed by atoms with Crippen LogP contribution in [0.2, 0.25) is 0 Å². The maximum absolute atomic E-state index is 12.1. The minimum atomic E-state index is -0.183. The van der Waals surface area contributed by atoms with Gasteiger partial charge in [-0.3, -0.25) is 9.20 Å². The molecule has 0 saturated heterocycles. The summed E-state index contributed by atoms with van der Waals surface area (Å²) in [6.45, 7) is 4.03. The van der Waals surface area contributed by atoms with Gasteiger partial charge >= 0.3 is 0 Å². The highest BCUT2D eigenvalue weighted by Crippen LogP contribution is 2.17. The lowest BCUT2D eigenvalue weighted by Crippen LogP contribution is -2.12. The van der Waals surface area contributed by atoms with Gasteiger partial charge in [0.2, 0.25) is 0 Å². The third-order valence-corrected chi connectivity index (χ3v) is 3.73. The number of nitrogens with zero attached hydrogens (tertiary/aromatic N) is 2. The summed E-state index contributed by atoms with van der Waals surface area (Å²) in [5.74, 6) is -0.183. The summed E-state index contributed by atoms with van der Waals surface area (Å²) in [5.41, 5.74) is 2.38. The average Bonchev–Trinajstić information content (AvgIpc) is 2.89. The van der Waals surface area contributed by atoms with Crippen molar-refractivity contribution in [3.8, 4) is 0 Å². The van der Waals surface area contributed by atoms with Gasteiger partial charge in [0.05, 0.1) is 0 Å². The van der Waals surface area contributed by atoms with Gasteiger partial charge in [-0.2, -0.15) is 0 Å². The Balaban J connectivity index is 1.83. The molecule has 0 radical (unpaired) electrons. The first-order valence-electron chi connectivity index (χ1n) is 5.95. The minimum absolute atomic E-state index is 0.183. The number of hydrogen-bond acceptors (Lipinski definition) is 3. The maximum atomic E-state index is 12.1. The van der Waals surface area contributed by atoms with Gasteiger partial charge in [0, 0.05) is 23.0 Å². The largest absolute Gasteiger partial charge is 0.321 e. The Bertz CT molecular complexity index is 708. The number of hydrogen-bond donors (Lipinski definition) is 1. The van der Waals surface area contributed by atoms with E-state index in [4.69, 9.17) is 0 Å². The van der Waals surface area contributed by atoms with Gasteiger partial charge in [-0.15, -0.1) is 11.3 Å². The van der Waals surface area contributed by atoms with Crippen LogP contribution in [0.4, 0.5) is 5.69 Å². The van der Waals surface area contributed by atoms with Gasteiger partial charge in [-0.25, -0.2) is 4.98 Å². The summed E-state index contributed by atoms with van der Waals surface area (Å²) >= 11 is 1.57. The van der Waals surface area contributed by atoms with Crippen molar-refractivity contribution in [2.24, 2.45) is 0 Å². The van der Waals surface area contributed by atoms with Gasteiger partial charge < -0.3 is 5.32 Å². The molecule has 96 valence electrons. The van der Waals surface area contributed by atoms with Crippen molar-refractivity contribution in [3.63, 3.8) is 0 Å². The number of amides is 1. The van der Waals surface area contributed by atoms with Crippen molar-refractivity contribution in [2.45, 2.75) is 13.8 Å². The lowest BCUT2D eigenvalue weighted by Gasteiger charge is -2.02. The molecule has 1 amide bonds. The minimum Gasteiger partial charge on any atom is -0.321 e. The standard InChI is InChI=1S/C14H13N3OS/c1-9-3-5-11(6-4-9)15-13(18)12-8-17-7-10(2)19-14(17)16-12/h3-8H,1-2H3,(H,15,18). The Morgan fingerprint density at radius 2 is 1.95 bits per heavy atom. The predicted molar refractivity (Wildman–Crippen MR) is 76.9 cm³/mol. The van der Waals surface area contributed by atoms with E-state index in [1.807, 2.05) is 48.7 Å². The summed E-state index contributed by atoms with van der Waals surface area (Å²) < 4.78 is 1.88. The summed E-state index contributed by atoms with van der Waals surface area (Å²) in [5, 5.41) is 2.84. The van der Waals surface area contributed by atoms with Gasteiger partial charge in [0.25, 0.3) is 5.91 Å². The molecule has 0 aliphatic rings. The van der Waals surface area contributed by atoms with Crippen LogP contribution in [0.3, 0.4) is 0 Å². The summed E-state index contributed by atoms with van der Waals surface area (Å²) in [7, 11) is 0. The van der Waals surface area contributed by atoms with Crippen LogP contribution in [0.1, 0.15) is 20.9 Å². The second-order valence-corrected chi connectivity index (χ2v) is 5.69. The summed E-state index contributed by atoms with van der Waals surface area (Å²) in [4.78, 5) is 18.4. The number of aryl methyl sites for hydroxylation is 2. The van der Waals surface area contributed by atoms with Crippen LogP contribution in [0, 0.1) is 13.8 Å². The van der Waals surface area contributed by atoms with E-state index in [2.05, 4.69) is 10.3 Å². The van der Waals surface area contributed by atoms with Crippen LogP contribution in [0.15, 0.2) is 36.7 Å². The molecule has 0 saturated carbocycles. The van der Waals surface area contributed by atoms with E-state index < -0.39 is 0 Å². The fourth-order valence-electron chi connectivity index (χ4n) is 1.85. The van der Waals surface area contributed by atoms with Crippen LogP contribution in [0.5, 0.6) is 0 Å². The number of aromatic nitrogens is 2. The second kappa shape index (κ2) is 4.51. The van der Waals surface area contributed by atoms with Crippen molar-refractivity contribution >= 4 is 27.9 Å². The molecule has 0 aliphatic heterocycles. The van der Waals surface area contributed by atoms with Crippen LogP contribution in [-0.4, -0.2) is 15.3 Å². The monoisotopic (exact) mass is 271 g/mol. The fourth-order valence-corrected chi connectivity index (χ4v) is 2.66. The summed E-state index contributed by atoms with van der Waals surface area (Å²) in [6.07, 6.45) is 3.72. The van der Waals surface area contributed by atoms with Crippen LogP contribution in [0.25, 0.3) is 4.96 Å². The summed E-state index contributed by atoms with van der Waals surface area (Å²) in [6, 6.07) is 7.70. The topological polar surface area (TPSA) is 46.4 Å². The quantitative estimate of drug-likeness (QED) is 0.777. The number of carbonyl (C=O) groups is 1. The normalized spacial score (nSPS) is 10.8. The lowest BCUT2D eigenvalue weighted by atomic mass is 10.2. The van der Waals surface area contributed by atoms with Gasteiger partial charge in [-0.05, 0) is 26.0 Å². The van der Waals surface area contributed by atoms with E-state index in [9.17, 15) is 4.79 Å². The molecule has 0 fully saturated rings. The molecular weight excluding hydrogens is 258 g/mol. The Morgan fingerprint density at radius 3 is 2.63 bits per heavy atom. The first-order valence-corrected chi connectivity index (χ1v) is 6.76. The van der Waals surface area contributed by atoms with Crippen LogP contribution < -0.4 is 5.32 Å². The molecule has 1 N–H and O–H groups in total. The SMILES string of the molecule is Cc1ccc(NC(=O)c2cn3cc(C)sc3n2)cc1. The molecule has 19 heavy (non-hydrogen) atoms. The highest BCUT2D eigenvalue weighted by Gasteiger charge is 2.12. The molecule has 0 atom stereocenters. The van der Waals surface area contributed by atoms with E-state index in [1.54, 1.807) is 17.5 Å². The number of nitrogens with one attached hydrogen (secondary N) is 1. The molecule has 0 spiro atoms. The van der Waals surface area contributed by atoms with E-state index in [0.717, 1.165) is 16.2 Å². The molecule has 3 rings (SSSR count). The lowest BCUT2D eigenvalue weighted by molar-refractivity contribution is 0.102. The number of imidazole rings is 1. The Morgan fingerprint density at radius 1 is 1.21 bits per heavy atom. The molecule has 0 bridgehead atoms. The number of anilines is 1. The molecule has 3 aromatic rings. The van der Waals surface area contributed by atoms with Gasteiger partial charge in [-0.1, -0.05) is 17.7 Å². The number of carbonyl (C=O) groups excluding carboxylic acids is 1. The van der Waals surface area contributed by atoms with E-state index in [0.29, 0.717) is 5.69 Å². The molecular formula is C14H13N3OS. The Hall–Kier alpha value is -2.14. The smallest absolute Gasteiger partial charge is 0.275 e. The molecule has 1 aromatic carbocycles. The van der Waals surface area contributed by atoms with Gasteiger partial charge in [0.15, 0.2) is 4.96 Å². The molecule has 5 heteroatoms. The maximum Gasteiger partial charge on any atom is 0.275 e. The molecule has 2 aromatic heterocycles. The van der Waals surface area contributed by atoms with Crippen LogP contribution in [-0.2, 0) is 0 Å². The van der Waals surface area contributed by atoms with Crippen molar-refractivity contribution in [3.05, 3.63) is 52.8 Å². The van der Waals surface area contributed by atoms with Crippen molar-refractivity contribution in [1.82, 2.24) is 9.38 Å². The second-order valence-electron chi connectivity index (χ2n) is 4.48. The molecule has 0 aliphatic carbocycles. The van der Waals surface area contributed by atoms with E-state index >= 15 is 0 Å². The molecule has 0 unspecified atom stereocenters. The highest BCUT2D eigenvalue weighted by molar-refractivity contribution is 7.17. The third kappa shape index (κ3) is 2.37. The number of thiazole rings is 1. The number of fused-ring (bicyclic) bond motifs is 1. The molecule has 2 heterocycles. The Kier molecular flexibility index (Phi) is 2.83. The van der Waals surface area contributed by atoms with Crippen molar-refractivity contribution < 1.29 is 4.79 Å². The average molecular weight is 271 g/mol. The number of rotatable bonds is 2. The zero-order valence-corrected chi connectivity index (χ0v) is 11.5. The van der Waals surface area contributed by atoms with Crippen LogP contribution >= 0.6 is 11.3 Å². The molecule has 4 nitrogen and oxygen atoms in total. The van der Waals surface area contributed by atoms with E-state index in [-0.39, 0.29) is 5.91 Å². The van der Waals surface area contributed by atoms with Gasteiger partial charge in [0.1, 0.15) is 5.69 Å². The zero-order chi connectivity index (χ0) is 13.4. The zero-order valence-electron chi connectivity index (χ0n) is 10.7. The number of benzene rings is 1. The predicted octanol–water partition coefficient (Wildman–Crippen LogP) is 3.26. The third-order valence-electron chi connectivity index (χ3n) is 2.81. The van der Waals surface area contributed by atoms with Crippen molar-refractivity contribution in [2.75, 3.05) is 5.32 Å². The first-order chi connectivity index (χ1) is 9.11. The highest BCUT2D eigenvalue weighted by atomic mass is 32.1. The Labute approximate surface area is 114 Å². The fraction of sp³-hybridized carbons (Fsp3) is 0.143.